The molecule has 0 atom stereocenters. The van der Waals surface area contributed by atoms with Crippen LogP contribution in [0.3, 0.4) is 0 Å². The van der Waals surface area contributed by atoms with Gasteiger partial charge in [-0.3, -0.25) is 0 Å². The molecule has 6 heteroatoms. The van der Waals surface area contributed by atoms with Crippen LogP contribution in [0.25, 0.3) is 0 Å². The largest absolute Gasteiger partial charge is 0.346 e. The van der Waals surface area contributed by atoms with Crippen LogP contribution in [0, 0.1) is 6.92 Å². The summed E-state index contributed by atoms with van der Waals surface area (Å²) < 4.78 is 30.0. The molecule has 0 bridgehead atoms. The first-order chi connectivity index (χ1) is 13.3. The summed E-state index contributed by atoms with van der Waals surface area (Å²) in [5.74, 6) is 0. The van der Waals surface area contributed by atoms with Gasteiger partial charge in [-0.15, -0.1) is 0 Å². The van der Waals surface area contributed by atoms with Gasteiger partial charge in [-0.25, -0.2) is 8.42 Å². The summed E-state index contributed by atoms with van der Waals surface area (Å²) in [6, 6.07) is 18.4. The van der Waals surface area contributed by atoms with E-state index < -0.39 is 10.0 Å². The van der Waals surface area contributed by atoms with E-state index in [9.17, 15) is 8.42 Å². The van der Waals surface area contributed by atoms with E-state index >= 15 is 0 Å². The van der Waals surface area contributed by atoms with Gasteiger partial charge < -0.3 is 4.57 Å². The molecule has 0 saturated carbocycles. The zero-order valence-electron chi connectivity index (χ0n) is 16.3. The van der Waals surface area contributed by atoms with Crippen molar-refractivity contribution >= 4 is 21.6 Å². The molecule has 2 aromatic carbocycles. The molecule has 0 saturated heterocycles. The van der Waals surface area contributed by atoms with E-state index in [4.69, 9.17) is 11.6 Å². The predicted molar refractivity (Wildman–Crippen MR) is 114 cm³/mol. The third-order valence-electron chi connectivity index (χ3n) is 4.71. The van der Waals surface area contributed by atoms with Gasteiger partial charge in [0.15, 0.2) is 0 Å². The van der Waals surface area contributed by atoms with Gasteiger partial charge in [0.25, 0.3) is 0 Å². The second-order valence-corrected chi connectivity index (χ2v) is 9.54. The van der Waals surface area contributed by atoms with Crippen LogP contribution in [0.5, 0.6) is 0 Å². The standard InChI is InChI=1S/C22H25ClN2O2S/c1-17(2)25(28(26,27)22-12-10-20(23)11-13-22)16-21-5-4-14-24(21)15-19-8-6-18(3)7-9-19/h4-14,17H,15-16H2,1-3H3. The Bertz CT molecular complexity index is 1020. The van der Waals surface area contributed by atoms with Crippen molar-refractivity contribution in [2.45, 2.75) is 44.8 Å². The number of nitrogens with zero attached hydrogens (tertiary/aromatic N) is 2. The number of rotatable bonds is 7. The lowest BCUT2D eigenvalue weighted by atomic mass is 10.1. The minimum atomic E-state index is -3.63. The average Bonchev–Trinajstić information content (AvgIpc) is 3.08. The van der Waals surface area contributed by atoms with E-state index in [0.29, 0.717) is 18.1 Å². The highest BCUT2D eigenvalue weighted by atomic mass is 35.5. The molecule has 0 fully saturated rings. The Kier molecular flexibility index (Phi) is 6.28. The van der Waals surface area contributed by atoms with E-state index in [1.165, 1.54) is 15.4 Å². The van der Waals surface area contributed by atoms with Crippen molar-refractivity contribution in [1.29, 1.82) is 0 Å². The van der Waals surface area contributed by atoms with Crippen molar-refractivity contribution in [3.8, 4) is 0 Å². The molecule has 148 valence electrons. The van der Waals surface area contributed by atoms with E-state index in [-0.39, 0.29) is 10.9 Å². The van der Waals surface area contributed by atoms with Crippen molar-refractivity contribution in [3.05, 3.63) is 88.7 Å². The molecule has 0 aliphatic carbocycles. The zero-order chi connectivity index (χ0) is 20.3. The molecule has 0 aliphatic heterocycles. The molecule has 0 N–H and O–H groups in total. The Morgan fingerprint density at radius 2 is 1.64 bits per heavy atom. The Morgan fingerprint density at radius 3 is 2.25 bits per heavy atom. The van der Waals surface area contributed by atoms with E-state index in [2.05, 4.69) is 35.8 Å². The fourth-order valence-electron chi connectivity index (χ4n) is 3.08. The minimum absolute atomic E-state index is 0.177. The molecular formula is C22H25ClN2O2S. The summed E-state index contributed by atoms with van der Waals surface area (Å²) in [4.78, 5) is 0.252. The number of hydrogen-bond donors (Lipinski definition) is 0. The predicted octanol–water partition coefficient (Wildman–Crippen LogP) is 5.10. The number of benzene rings is 2. The fourth-order valence-corrected chi connectivity index (χ4v) is 4.82. The first kappa shape index (κ1) is 20.6. The highest BCUT2D eigenvalue weighted by Gasteiger charge is 2.28. The maximum atomic E-state index is 13.2. The van der Waals surface area contributed by atoms with Crippen molar-refractivity contribution in [2.24, 2.45) is 0 Å². The normalized spacial score (nSPS) is 12.1. The average molecular weight is 417 g/mol. The van der Waals surface area contributed by atoms with Gasteiger partial charge in [-0.1, -0.05) is 41.4 Å². The summed E-state index contributed by atoms with van der Waals surface area (Å²) in [6.07, 6.45) is 1.99. The van der Waals surface area contributed by atoms with E-state index in [1.807, 2.05) is 32.2 Å². The SMILES string of the molecule is Cc1ccc(Cn2cccc2CN(C(C)C)S(=O)(=O)c2ccc(Cl)cc2)cc1. The number of aromatic nitrogens is 1. The van der Waals surface area contributed by atoms with Gasteiger partial charge in [0, 0.05) is 29.5 Å². The molecule has 4 nitrogen and oxygen atoms in total. The Balaban J connectivity index is 1.87. The molecule has 1 heterocycles. The smallest absolute Gasteiger partial charge is 0.243 e. The van der Waals surface area contributed by atoms with Gasteiger partial charge in [-0.05, 0) is 62.7 Å². The van der Waals surface area contributed by atoms with E-state index in [0.717, 1.165) is 5.69 Å². The van der Waals surface area contributed by atoms with Crippen LogP contribution in [0.4, 0.5) is 0 Å². The maximum Gasteiger partial charge on any atom is 0.243 e. The second-order valence-electron chi connectivity index (χ2n) is 7.21. The van der Waals surface area contributed by atoms with Crippen LogP contribution in [0.2, 0.25) is 5.02 Å². The lowest BCUT2D eigenvalue weighted by Gasteiger charge is -2.26. The summed E-state index contributed by atoms with van der Waals surface area (Å²) in [7, 11) is -3.63. The molecule has 1 aromatic heterocycles. The quantitative estimate of drug-likeness (QED) is 0.537. The molecule has 0 amide bonds. The third-order valence-corrected chi connectivity index (χ3v) is 7.00. The zero-order valence-corrected chi connectivity index (χ0v) is 17.9. The molecule has 3 rings (SSSR count). The molecular weight excluding hydrogens is 392 g/mol. The van der Waals surface area contributed by atoms with Gasteiger partial charge in [0.05, 0.1) is 11.4 Å². The monoisotopic (exact) mass is 416 g/mol. The van der Waals surface area contributed by atoms with Crippen molar-refractivity contribution in [1.82, 2.24) is 8.87 Å². The molecule has 3 aromatic rings. The van der Waals surface area contributed by atoms with Crippen LogP contribution in [-0.4, -0.2) is 23.3 Å². The van der Waals surface area contributed by atoms with Crippen molar-refractivity contribution < 1.29 is 8.42 Å². The lowest BCUT2D eigenvalue weighted by molar-refractivity contribution is 0.340. The van der Waals surface area contributed by atoms with Gasteiger partial charge in [-0.2, -0.15) is 4.31 Å². The molecule has 0 radical (unpaired) electrons. The molecule has 0 unspecified atom stereocenters. The lowest BCUT2D eigenvalue weighted by Crippen LogP contribution is -2.37. The number of aryl methyl sites for hydroxylation is 1. The summed E-state index contributed by atoms with van der Waals surface area (Å²) in [6.45, 7) is 6.85. The number of halogens is 1. The Labute approximate surface area is 172 Å². The van der Waals surface area contributed by atoms with Gasteiger partial charge in [0.2, 0.25) is 10.0 Å². The van der Waals surface area contributed by atoms with Crippen LogP contribution < -0.4 is 0 Å². The fraction of sp³-hybridized carbons (Fsp3) is 0.273. The molecule has 0 aliphatic rings. The number of hydrogen-bond acceptors (Lipinski definition) is 2. The second kappa shape index (κ2) is 8.52. The highest BCUT2D eigenvalue weighted by molar-refractivity contribution is 7.89. The van der Waals surface area contributed by atoms with Crippen LogP contribution in [0.1, 0.15) is 30.7 Å². The van der Waals surface area contributed by atoms with Crippen molar-refractivity contribution in [3.63, 3.8) is 0 Å². The third kappa shape index (κ3) is 4.66. The summed E-state index contributed by atoms with van der Waals surface area (Å²) in [5.41, 5.74) is 3.35. The van der Waals surface area contributed by atoms with E-state index in [1.54, 1.807) is 24.3 Å². The maximum absolute atomic E-state index is 13.2. The van der Waals surface area contributed by atoms with Gasteiger partial charge in [0.1, 0.15) is 0 Å². The molecule has 28 heavy (non-hydrogen) atoms. The Morgan fingerprint density at radius 1 is 1.00 bits per heavy atom. The summed E-state index contributed by atoms with van der Waals surface area (Å²) in [5, 5.41) is 0.516. The first-order valence-electron chi connectivity index (χ1n) is 9.24. The highest BCUT2D eigenvalue weighted by Crippen LogP contribution is 2.23. The topological polar surface area (TPSA) is 42.3 Å². The first-order valence-corrected chi connectivity index (χ1v) is 11.1. The van der Waals surface area contributed by atoms with Crippen LogP contribution in [0.15, 0.2) is 71.8 Å². The van der Waals surface area contributed by atoms with Crippen LogP contribution >= 0.6 is 11.6 Å². The minimum Gasteiger partial charge on any atom is -0.346 e. The van der Waals surface area contributed by atoms with Crippen molar-refractivity contribution in [2.75, 3.05) is 0 Å². The summed E-state index contributed by atoms with van der Waals surface area (Å²) >= 11 is 5.91. The molecule has 0 spiro atoms. The number of sulfonamides is 1. The van der Waals surface area contributed by atoms with Gasteiger partial charge >= 0.3 is 0 Å². The van der Waals surface area contributed by atoms with Crippen LogP contribution in [-0.2, 0) is 23.1 Å². The Hall–Kier alpha value is -2.08.